The van der Waals surface area contributed by atoms with E-state index in [1.807, 2.05) is 6.08 Å². The van der Waals surface area contributed by atoms with Crippen LogP contribution in [0.1, 0.15) is 264 Å². The molecule has 0 radical (unpaired) electrons. The standard InChI is InChI=1S/C47H93NO3/c1-3-5-7-9-11-13-15-17-19-21-23-24-25-27-29-31-33-35-37-39-41-43-47(51)48-45(44-49)46(50)42-40-38-36-34-32-30-28-26-22-20-18-16-14-12-10-8-6-4-2/h40,42,45-46,49-50H,3-39,41,43-44H2,1-2H3,(H,48,51)/b42-40+. The third kappa shape index (κ3) is 40.2. The Bertz CT molecular complexity index is 695. The number of aliphatic hydroxyl groups excluding tert-OH is 2. The molecule has 0 aliphatic carbocycles. The molecule has 304 valence electrons. The minimum Gasteiger partial charge on any atom is -0.394 e. The summed E-state index contributed by atoms with van der Waals surface area (Å²) in [5, 5.41) is 23.1. The number of allylic oxidation sites excluding steroid dienone is 1. The summed E-state index contributed by atoms with van der Waals surface area (Å²) >= 11 is 0. The lowest BCUT2D eigenvalue weighted by molar-refractivity contribution is -0.123. The van der Waals surface area contributed by atoms with E-state index in [1.165, 1.54) is 218 Å². The van der Waals surface area contributed by atoms with Crippen molar-refractivity contribution in [1.29, 1.82) is 0 Å². The van der Waals surface area contributed by atoms with Crippen LogP contribution < -0.4 is 5.32 Å². The van der Waals surface area contributed by atoms with Gasteiger partial charge in [0, 0.05) is 6.42 Å². The van der Waals surface area contributed by atoms with E-state index in [2.05, 4.69) is 19.2 Å². The van der Waals surface area contributed by atoms with Gasteiger partial charge in [0.25, 0.3) is 0 Å². The summed E-state index contributed by atoms with van der Waals surface area (Å²) < 4.78 is 0. The van der Waals surface area contributed by atoms with Gasteiger partial charge in [0.1, 0.15) is 0 Å². The number of amides is 1. The SMILES string of the molecule is CCCCCCCCCCCCCCCCCC/C=C/C(O)C(CO)NC(=O)CCCCCCCCCCCCCCCCCCCCCCC. The first kappa shape index (κ1) is 50.1. The Morgan fingerprint density at radius 1 is 0.451 bits per heavy atom. The van der Waals surface area contributed by atoms with Crippen molar-refractivity contribution in [3.05, 3.63) is 12.2 Å². The third-order valence-electron chi connectivity index (χ3n) is 11.0. The number of carbonyl (C=O) groups is 1. The molecule has 0 fully saturated rings. The number of nitrogens with one attached hydrogen (secondary N) is 1. The first-order valence-electron chi connectivity index (χ1n) is 23.4. The van der Waals surface area contributed by atoms with Gasteiger partial charge in [-0.15, -0.1) is 0 Å². The maximum absolute atomic E-state index is 12.4. The predicted octanol–water partition coefficient (Wildman–Crippen LogP) is 14.6. The van der Waals surface area contributed by atoms with Gasteiger partial charge in [0.05, 0.1) is 18.8 Å². The smallest absolute Gasteiger partial charge is 0.220 e. The van der Waals surface area contributed by atoms with Crippen molar-refractivity contribution in [3.63, 3.8) is 0 Å². The van der Waals surface area contributed by atoms with Gasteiger partial charge in [0.2, 0.25) is 5.91 Å². The van der Waals surface area contributed by atoms with Gasteiger partial charge in [0.15, 0.2) is 0 Å². The molecule has 4 nitrogen and oxygen atoms in total. The highest BCUT2D eigenvalue weighted by molar-refractivity contribution is 5.76. The quantitative estimate of drug-likeness (QED) is 0.0434. The number of hydrogen-bond acceptors (Lipinski definition) is 3. The summed E-state index contributed by atoms with van der Waals surface area (Å²) in [5.41, 5.74) is 0. The molecule has 0 aromatic carbocycles. The molecule has 0 aromatic heterocycles. The van der Waals surface area contributed by atoms with Crippen molar-refractivity contribution < 1.29 is 15.0 Å². The van der Waals surface area contributed by atoms with Crippen LogP contribution in [-0.4, -0.2) is 34.9 Å². The van der Waals surface area contributed by atoms with E-state index in [0.717, 1.165) is 25.7 Å². The minimum absolute atomic E-state index is 0.0582. The van der Waals surface area contributed by atoms with Crippen molar-refractivity contribution in [1.82, 2.24) is 5.32 Å². The molecule has 0 aromatic rings. The second kappa shape index (κ2) is 43.5. The molecule has 0 aliphatic rings. The van der Waals surface area contributed by atoms with Crippen LogP contribution in [0.5, 0.6) is 0 Å². The molecule has 0 bridgehead atoms. The highest BCUT2D eigenvalue weighted by Crippen LogP contribution is 2.17. The Hall–Kier alpha value is -0.870. The molecule has 0 saturated carbocycles. The van der Waals surface area contributed by atoms with Gasteiger partial charge in [-0.3, -0.25) is 4.79 Å². The van der Waals surface area contributed by atoms with Crippen molar-refractivity contribution in [2.24, 2.45) is 0 Å². The van der Waals surface area contributed by atoms with Gasteiger partial charge in [-0.2, -0.15) is 0 Å². The molecular formula is C47H93NO3. The number of rotatable bonds is 43. The zero-order chi connectivity index (χ0) is 37.1. The summed E-state index contributed by atoms with van der Waals surface area (Å²) in [7, 11) is 0. The lowest BCUT2D eigenvalue weighted by Gasteiger charge is -2.20. The van der Waals surface area contributed by atoms with Crippen molar-refractivity contribution in [2.75, 3.05) is 6.61 Å². The molecule has 1 amide bonds. The Morgan fingerprint density at radius 2 is 0.725 bits per heavy atom. The Morgan fingerprint density at radius 3 is 1.02 bits per heavy atom. The van der Waals surface area contributed by atoms with Crippen LogP contribution in [0.25, 0.3) is 0 Å². The van der Waals surface area contributed by atoms with E-state index < -0.39 is 12.1 Å². The van der Waals surface area contributed by atoms with E-state index in [1.54, 1.807) is 6.08 Å². The van der Waals surface area contributed by atoms with Crippen LogP contribution in [0.3, 0.4) is 0 Å². The van der Waals surface area contributed by atoms with Gasteiger partial charge in [-0.05, 0) is 19.3 Å². The van der Waals surface area contributed by atoms with Crippen LogP contribution in [0.4, 0.5) is 0 Å². The first-order chi connectivity index (χ1) is 25.2. The fourth-order valence-corrected chi connectivity index (χ4v) is 7.42. The fraction of sp³-hybridized carbons (Fsp3) is 0.936. The minimum atomic E-state index is -0.834. The predicted molar refractivity (Wildman–Crippen MR) is 226 cm³/mol. The number of hydrogen-bond donors (Lipinski definition) is 3. The molecule has 0 saturated heterocycles. The molecule has 51 heavy (non-hydrogen) atoms. The molecule has 0 rings (SSSR count). The normalized spacial score (nSPS) is 12.9. The Balaban J connectivity index is 3.50. The summed E-state index contributed by atoms with van der Waals surface area (Å²) in [6.07, 6.45) is 54.7. The second-order valence-electron chi connectivity index (χ2n) is 16.2. The molecule has 0 heterocycles. The number of unbranched alkanes of at least 4 members (excludes halogenated alkanes) is 36. The molecule has 3 N–H and O–H groups in total. The Kier molecular flexibility index (Phi) is 42.8. The second-order valence-corrected chi connectivity index (χ2v) is 16.2. The topological polar surface area (TPSA) is 69.6 Å². The highest BCUT2D eigenvalue weighted by Gasteiger charge is 2.18. The number of carbonyl (C=O) groups excluding carboxylic acids is 1. The molecular weight excluding hydrogens is 627 g/mol. The first-order valence-corrected chi connectivity index (χ1v) is 23.4. The van der Waals surface area contributed by atoms with E-state index >= 15 is 0 Å². The van der Waals surface area contributed by atoms with Gasteiger partial charge >= 0.3 is 0 Å². The van der Waals surface area contributed by atoms with Crippen LogP contribution in [-0.2, 0) is 4.79 Å². The lowest BCUT2D eigenvalue weighted by Crippen LogP contribution is -2.45. The summed E-state index contributed by atoms with van der Waals surface area (Å²) in [5.74, 6) is -0.0582. The van der Waals surface area contributed by atoms with E-state index in [4.69, 9.17) is 0 Å². The average molecular weight is 720 g/mol. The van der Waals surface area contributed by atoms with Crippen molar-refractivity contribution in [3.8, 4) is 0 Å². The third-order valence-corrected chi connectivity index (χ3v) is 11.0. The maximum atomic E-state index is 12.4. The Labute approximate surface area is 320 Å². The van der Waals surface area contributed by atoms with Gasteiger partial charge < -0.3 is 15.5 Å². The van der Waals surface area contributed by atoms with Gasteiger partial charge in [-0.1, -0.05) is 251 Å². The van der Waals surface area contributed by atoms with Crippen molar-refractivity contribution in [2.45, 2.75) is 276 Å². The highest BCUT2D eigenvalue weighted by atomic mass is 16.3. The van der Waals surface area contributed by atoms with Gasteiger partial charge in [-0.25, -0.2) is 0 Å². The van der Waals surface area contributed by atoms with Crippen LogP contribution in [0, 0.1) is 0 Å². The van der Waals surface area contributed by atoms with E-state index in [9.17, 15) is 15.0 Å². The molecule has 4 heteroatoms. The van der Waals surface area contributed by atoms with Crippen LogP contribution >= 0.6 is 0 Å². The zero-order valence-corrected chi connectivity index (χ0v) is 34.9. The molecule has 0 spiro atoms. The average Bonchev–Trinajstić information content (AvgIpc) is 3.13. The van der Waals surface area contributed by atoms with Crippen molar-refractivity contribution >= 4 is 5.91 Å². The summed E-state index contributed by atoms with van der Waals surface area (Å²) in [4.78, 5) is 12.4. The summed E-state index contributed by atoms with van der Waals surface area (Å²) in [6.45, 7) is 4.34. The number of aliphatic hydroxyl groups is 2. The summed E-state index contributed by atoms with van der Waals surface area (Å²) in [6, 6.07) is -0.616. The maximum Gasteiger partial charge on any atom is 0.220 e. The molecule has 0 aliphatic heterocycles. The molecule has 2 atom stereocenters. The van der Waals surface area contributed by atoms with Crippen LogP contribution in [0.15, 0.2) is 12.2 Å². The monoisotopic (exact) mass is 720 g/mol. The zero-order valence-electron chi connectivity index (χ0n) is 34.9. The fourth-order valence-electron chi connectivity index (χ4n) is 7.42. The largest absolute Gasteiger partial charge is 0.394 e. The van der Waals surface area contributed by atoms with Crippen LogP contribution in [0.2, 0.25) is 0 Å². The molecule has 2 unspecified atom stereocenters. The van der Waals surface area contributed by atoms with E-state index in [-0.39, 0.29) is 12.5 Å². The van der Waals surface area contributed by atoms with E-state index in [0.29, 0.717) is 6.42 Å². The lowest BCUT2D eigenvalue weighted by atomic mass is 10.0.